The predicted octanol–water partition coefficient (Wildman–Crippen LogP) is 0.209. The summed E-state index contributed by atoms with van der Waals surface area (Å²) in [6.07, 6.45) is 1.44. The summed E-state index contributed by atoms with van der Waals surface area (Å²) in [7, 11) is -3.68. The molecular formula is C8H14N2O3S. The number of sulfonamides is 1. The van der Waals surface area contributed by atoms with Crippen LogP contribution in [0.3, 0.4) is 0 Å². The zero-order valence-corrected chi connectivity index (χ0v) is 8.95. The van der Waals surface area contributed by atoms with Gasteiger partial charge < -0.3 is 9.67 Å². The normalized spacial score (nSPS) is 12.4. The number of hydrogen-bond acceptors (Lipinski definition) is 3. The van der Waals surface area contributed by atoms with Gasteiger partial charge in [-0.3, -0.25) is 0 Å². The number of rotatable bonds is 3. The van der Waals surface area contributed by atoms with Gasteiger partial charge in [0.15, 0.2) is 0 Å². The van der Waals surface area contributed by atoms with Gasteiger partial charge in [0.2, 0.25) is 10.0 Å². The van der Waals surface area contributed by atoms with Crippen molar-refractivity contribution >= 4 is 10.0 Å². The van der Waals surface area contributed by atoms with Crippen LogP contribution in [-0.4, -0.2) is 18.1 Å². The summed E-state index contributed by atoms with van der Waals surface area (Å²) in [5.41, 5.74) is 0.545. The van der Waals surface area contributed by atoms with Crippen LogP contribution in [0.25, 0.3) is 0 Å². The van der Waals surface area contributed by atoms with Gasteiger partial charge in [0.1, 0.15) is 0 Å². The van der Waals surface area contributed by atoms with Gasteiger partial charge in [-0.05, 0) is 19.9 Å². The van der Waals surface area contributed by atoms with Gasteiger partial charge in [-0.15, -0.1) is 0 Å². The lowest BCUT2D eigenvalue weighted by atomic mass is 10.3. The first-order chi connectivity index (χ1) is 6.36. The van der Waals surface area contributed by atoms with Crippen LogP contribution in [0.1, 0.15) is 25.6 Å². The van der Waals surface area contributed by atoms with Gasteiger partial charge in [0, 0.05) is 17.9 Å². The van der Waals surface area contributed by atoms with E-state index in [9.17, 15) is 8.42 Å². The standard InChI is InChI=1S/C8H14N2O3S/c1-6(2)10-4-8(14(9,12)13)3-7(10)5-11/h3-4,6,11H,5H2,1-2H3,(H2,9,12,13). The summed E-state index contributed by atoms with van der Waals surface area (Å²) in [5, 5.41) is 14.0. The van der Waals surface area contributed by atoms with Gasteiger partial charge in [0.05, 0.1) is 11.5 Å². The molecule has 6 heteroatoms. The van der Waals surface area contributed by atoms with Gasteiger partial charge in [0.25, 0.3) is 0 Å². The molecule has 0 aliphatic carbocycles. The SMILES string of the molecule is CC(C)n1cc(S(N)(=O)=O)cc1CO. The molecule has 0 aromatic carbocycles. The maximum absolute atomic E-state index is 11.0. The van der Waals surface area contributed by atoms with Crippen LogP contribution in [0.2, 0.25) is 0 Å². The smallest absolute Gasteiger partial charge is 0.239 e. The van der Waals surface area contributed by atoms with Crippen LogP contribution >= 0.6 is 0 Å². The summed E-state index contributed by atoms with van der Waals surface area (Å²) in [6, 6.07) is 1.47. The van der Waals surface area contributed by atoms with E-state index in [-0.39, 0.29) is 17.5 Å². The average molecular weight is 218 g/mol. The Morgan fingerprint density at radius 3 is 2.43 bits per heavy atom. The average Bonchev–Trinajstić information content (AvgIpc) is 2.45. The van der Waals surface area contributed by atoms with Gasteiger partial charge in [-0.25, -0.2) is 13.6 Å². The minimum atomic E-state index is -3.68. The maximum atomic E-state index is 11.0. The number of aliphatic hydroxyl groups is 1. The molecule has 0 fully saturated rings. The Kier molecular flexibility index (Phi) is 2.98. The third kappa shape index (κ3) is 2.14. The fraction of sp³-hybridized carbons (Fsp3) is 0.500. The van der Waals surface area contributed by atoms with Crippen molar-refractivity contribution in [3.63, 3.8) is 0 Å². The van der Waals surface area contributed by atoms with Crippen molar-refractivity contribution in [3.05, 3.63) is 18.0 Å². The van der Waals surface area contributed by atoms with Crippen molar-refractivity contribution in [3.8, 4) is 0 Å². The van der Waals surface area contributed by atoms with E-state index in [1.54, 1.807) is 4.57 Å². The third-order valence-electron chi connectivity index (χ3n) is 1.95. The van der Waals surface area contributed by atoms with E-state index in [4.69, 9.17) is 10.2 Å². The highest BCUT2D eigenvalue weighted by atomic mass is 32.2. The third-order valence-corrected chi connectivity index (χ3v) is 2.83. The number of hydrogen-bond donors (Lipinski definition) is 2. The van der Waals surface area contributed by atoms with E-state index in [1.165, 1.54) is 12.3 Å². The quantitative estimate of drug-likeness (QED) is 0.760. The molecule has 0 atom stereocenters. The topological polar surface area (TPSA) is 85.3 Å². The van der Waals surface area contributed by atoms with E-state index in [2.05, 4.69) is 0 Å². The summed E-state index contributed by atoms with van der Waals surface area (Å²) in [6.45, 7) is 3.59. The maximum Gasteiger partial charge on any atom is 0.239 e. The lowest BCUT2D eigenvalue weighted by Crippen LogP contribution is -2.11. The number of aliphatic hydroxyl groups excluding tert-OH is 1. The molecule has 1 aromatic heterocycles. The molecule has 80 valence electrons. The van der Waals surface area contributed by atoms with E-state index in [0.29, 0.717) is 5.69 Å². The molecule has 0 unspecified atom stereocenters. The minimum absolute atomic E-state index is 0.0373. The molecule has 14 heavy (non-hydrogen) atoms. The first-order valence-electron chi connectivity index (χ1n) is 4.20. The van der Waals surface area contributed by atoms with Crippen molar-refractivity contribution in [2.75, 3.05) is 0 Å². The van der Waals surface area contributed by atoms with Crippen molar-refractivity contribution in [2.45, 2.75) is 31.4 Å². The van der Waals surface area contributed by atoms with E-state index < -0.39 is 10.0 Å². The molecule has 0 bridgehead atoms. The van der Waals surface area contributed by atoms with Crippen molar-refractivity contribution in [1.29, 1.82) is 0 Å². The molecule has 0 saturated heterocycles. The second-order valence-corrected chi connectivity index (χ2v) is 4.93. The Morgan fingerprint density at radius 1 is 1.57 bits per heavy atom. The van der Waals surface area contributed by atoms with E-state index in [0.717, 1.165) is 0 Å². The lowest BCUT2D eigenvalue weighted by molar-refractivity contribution is 0.268. The van der Waals surface area contributed by atoms with Crippen LogP contribution in [0.5, 0.6) is 0 Å². The number of primary sulfonamides is 1. The number of aromatic nitrogens is 1. The van der Waals surface area contributed by atoms with Crippen molar-refractivity contribution in [1.82, 2.24) is 4.57 Å². The Bertz CT molecular complexity index is 420. The van der Waals surface area contributed by atoms with Crippen LogP contribution < -0.4 is 5.14 Å². The van der Waals surface area contributed by atoms with Crippen LogP contribution in [0.15, 0.2) is 17.2 Å². The van der Waals surface area contributed by atoms with E-state index >= 15 is 0 Å². The molecule has 1 aromatic rings. The predicted molar refractivity (Wildman–Crippen MR) is 52.1 cm³/mol. The fourth-order valence-corrected chi connectivity index (χ4v) is 1.82. The molecule has 0 radical (unpaired) electrons. The Hall–Kier alpha value is -0.850. The second kappa shape index (κ2) is 3.72. The summed E-state index contributed by atoms with van der Waals surface area (Å²) >= 11 is 0. The highest BCUT2D eigenvalue weighted by Crippen LogP contribution is 2.17. The zero-order valence-electron chi connectivity index (χ0n) is 8.14. The molecule has 0 aliphatic heterocycles. The molecule has 1 rings (SSSR count). The van der Waals surface area contributed by atoms with Crippen molar-refractivity contribution < 1.29 is 13.5 Å². The molecule has 0 aliphatic rings. The Morgan fingerprint density at radius 2 is 2.14 bits per heavy atom. The summed E-state index contributed by atoms with van der Waals surface area (Å²) in [5.74, 6) is 0. The Balaban J connectivity index is 3.27. The van der Waals surface area contributed by atoms with Gasteiger partial charge in [-0.1, -0.05) is 0 Å². The highest BCUT2D eigenvalue weighted by molar-refractivity contribution is 7.89. The van der Waals surface area contributed by atoms with Crippen LogP contribution in [0, 0.1) is 0 Å². The molecule has 3 N–H and O–H groups in total. The Labute approximate surface area is 83.2 Å². The number of nitrogens with two attached hydrogens (primary N) is 1. The molecule has 1 heterocycles. The van der Waals surface area contributed by atoms with Crippen LogP contribution in [-0.2, 0) is 16.6 Å². The zero-order chi connectivity index (χ0) is 10.9. The largest absolute Gasteiger partial charge is 0.390 e. The first-order valence-corrected chi connectivity index (χ1v) is 5.75. The molecule has 0 saturated carbocycles. The minimum Gasteiger partial charge on any atom is -0.390 e. The van der Waals surface area contributed by atoms with Crippen LogP contribution in [0.4, 0.5) is 0 Å². The summed E-state index contributed by atoms with van der Waals surface area (Å²) in [4.78, 5) is 0.0373. The van der Waals surface area contributed by atoms with E-state index in [1.807, 2.05) is 13.8 Å². The van der Waals surface area contributed by atoms with Gasteiger partial charge in [-0.2, -0.15) is 0 Å². The van der Waals surface area contributed by atoms with Crippen molar-refractivity contribution in [2.24, 2.45) is 5.14 Å². The lowest BCUT2D eigenvalue weighted by Gasteiger charge is -2.10. The molecule has 5 nitrogen and oxygen atoms in total. The monoisotopic (exact) mass is 218 g/mol. The summed E-state index contributed by atoms with van der Waals surface area (Å²) < 4.78 is 23.7. The highest BCUT2D eigenvalue weighted by Gasteiger charge is 2.14. The molecule has 0 spiro atoms. The molecule has 0 amide bonds. The number of nitrogens with zero attached hydrogens (tertiary/aromatic N) is 1. The second-order valence-electron chi connectivity index (χ2n) is 3.37. The first kappa shape index (κ1) is 11.2. The van der Waals surface area contributed by atoms with Gasteiger partial charge >= 0.3 is 0 Å². The molecular weight excluding hydrogens is 204 g/mol. The fourth-order valence-electron chi connectivity index (χ4n) is 1.26.